The van der Waals surface area contributed by atoms with E-state index in [2.05, 4.69) is 31.4 Å². The van der Waals surface area contributed by atoms with Crippen molar-refractivity contribution in [1.82, 2.24) is 10.2 Å². The van der Waals surface area contributed by atoms with Gasteiger partial charge in [0.15, 0.2) is 0 Å². The maximum Gasteiger partial charge on any atom is 0.238 e. The first kappa shape index (κ1) is 12.1. The van der Waals surface area contributed by atoms with Crippen molar-refractivity contribution in [2.45, 2.75) is 18.7 Å². The van der Waals surface area contributed by atoms with E-state index < -0.39 is 0 Å². The largest absolute Gasteiger partial charge is 0.324 e. The molecular formula is C12H14BrN3O. The lowest BCUT2D eigenvalue weighted by molar-refractivity contribution is -0.116. The fraction of sp³-hybridized carbons (Fsp3) is 0.333. The number of fused-ring (bicyclic) bond motifs is 1. The van der Waals surface area contributed by atoms with Crippen molar-refractivity contribution < 1.29 is 4.79 Å². The number of nitrogens with zero attached hydrogens (tertiary/aromatic N) is 1. The van der Waals surface area contributed by atoms with Gasteiger partial charge in [-0.2, -0.15) is 5.10 Å². The molecule has 0 saturated heterocycles. The van der Waals surface area contributed by atoms with E-state index in [0.29, 0.717) is 0 Å². The van der Waals surface area contributed by atoms with Crippen LogP contribution in [0.4, 0.5) is 5.69 Å². The van der Waals surface area contributed by atoms with Crippen LogP contribution in [0.2, 0.25) is 0 Å². The average Bonchev–Trinajstić information content (AvgIpc) is 2.76. The van der Waals surface area contributed by atoms with Crippen LogP contribution in [0.15, 0.2) is 24.4 Å². The number of nitrogens with one attached hydrogen (secondary N) is 2. The van der Waals surface area contributed by atoms with Gasteiger partial charge < -0.3 is 5.32 Å². The van der Waals surface area contributed by atoms with Crippen LogP contribution in [-0.4, -0.2) is 20.9 Å². The molecule has 2 rings (SSSR count). The summed E-state index contributed by atoms with van der Waals surface area (Å²) in [7, 11) is 0. The van der Waals surface area contributed by atoms with Gasteiger partial charge in [-0.15, -0.1) is 0 Å². The maximum atomic E-state index is 11.9. The summed E-state index contributed by atoms with van der Waals surface area (Å²) in [5.74, 6) is 0.215. The smallest absolute Gasteiger partial charge is 0.238 e. The molecule has 0 radical (unpaired) electrons. The Bertz CT molecular complexity index is 535. The number of hydrogen-bond acceptors (Lipinski definition) is 2. The molecule has 0 aliphatic heterocycles. The van der Waals surface area contributed by atoms with Crippen LogP contribution in [-0.2, 0) is 4.79 Å². The Hall–Kier alpha value is -1.36. The highest BCUT2D eigenvalue weighted by Crippen LogP contribution is 2.22. The lowest BCUT2D eigenvalue weighted by atomic mass is 10.1. The van der Waals surface area contributed by atoms with Gasteiger partial charge in [0.25, 0.3) is 0 Å². The third kappa shape index (κ3) is 2.49. The van der Waals surface area contributed by atoms with Crippen LogP contribution in [0, 0.1) is 5.92 Å². The number of halogens is 1. The van der Waals surface area contributed by atoms with E-state index in [1.165, 1.54) is 0 Å². The Morgan fingerprint density at radius 3 is 2.94 bits per heavy atom. The molecule has 2 N–H and O–H groups in total. The summed E-state index contributed by atoms with van der Waals surface area (Å²) in [6, 6.07) is 5.68. The Morgan fingerprint density at radius 2 is 2.24 bits per heavy atom. The van der Waals surface area contributed by atoms with Crippen LogP contribution in [0.5, 0.6) is 0 Å². The Labute approximate surface area is 108 Å². The number of carbonyl (C=O) groups is 1. The maximum absolute atomic E-state index is 11.9. The fourth-order valence-corrected chi connectivity index (χ4v) is 1.70. The van der Waals surface area contributed by atoms with E-state index in [4.69, 9.17) is 0 Å². The van der Waals surface area contributed by atoms with Crippen molar-refractivity contribution in [3.63, 3.8) is 0 Å². The van der Waals surface area contributed by atoms with E-state index in [1.807, 2.05) is 32.0 Å². The molecule has 0 bridgehead atoms. The summed E-state index contributed by atoms with van der Waals surface area (Å²) < 4.78 is 0. The zero-order valence-electron chi connectivity index (χ0n) is 9.70. The van der Waals surface area contributed by atoms with Gasteiger partial charge in [-0.3, -0.25) is 9.89 Å². The number of alkyl halides is 1. The minimum absolute atomic E-state index is 0.0336. The van der Waals surface area contributed by atoms with Crippen molar-refractivity contribution in [3.05, 3.63) is 24.4 Å². The summed E-state index contributed by atoms with van der Waals surface area (Å²) in [6.45, 7) is 3.99. The molecule has 1 aromatic carbocycles. The molecule has 1 unspecified atom stereocenters. The third-order valence-corrected chi connectivity index (χ3v) is 4.05. The van der Waals surface area contributed by atoms with Gasteiger partial charge in [0.1, 0.15) is 0 Å². The summed E-state index contributed by atoms with van der Waals surface area (Å²) in [5, 5.41) is 10.7. The number of amides is 1. The van der Waals surface area contributed by atoms with Gasteiger partial charge >= 0.3 is 0 Å². The summed E-state index contributed by atoms with van der Waals surface area (Å²) in [6.07, 6.45) is 1.71. The lowest BCUT2D eigenvalue weighted by Crippen LogP contribution is -2.27. The zero-order valence-corrected chi connectivity index (χ0v) is 11.3. The van der Waals surface area contributed by atoms with Crippen LogP contribution >= 0.6 is 15.9 Å². The molecule has 1 atom stereocenters. The molecule has 4 nitrogen and oxygen atoms in total. The minimum Gasteiger partial charge on any atom is -0.324 e. The van der Waals surface area contributed by atoms with Crippen molar-refractivity contribution in [3.8, 4) is 0 Å². The number of benzene rings is 1. The molecular weight excluding hydrogens is 282 g/mol. The molecule has 5 heteroatoms. The highest BCUT2D eigenvalue weighted by molar-refractivity contribution is 9.10. The molecule has 0 spiro atoms. The summed E-state index contributed by atoms with van der Waals surface area (Å²) in [4.78, 5) is 11.7. The summed E-state index contributed by atoms with van der Waals surface area (Å²) >= 11 is 3.38. The number of carbonyl (C=O) groups excluding carboxylic acids is 1. The average molecular weight is 296 g/mol. The number of hydrogen-bond donors (Lipinski definition) is 2. The molecule has 90 valence electrons. The molecule has 1 amide bonds. The van der Waals surface area contributed by atoms with Gasteiger partial charge in [0, 0.05) is 5.39 Å². The van der Waals surface area contributed by atoms with Crippen molar-refractivity contribution in [1.29, 1.82) is 0 Å². The molecule has 0 aliphatic carbocycles. The van der Waals surface area contributed by atoms with Gasteiger partial charge in [-0.25, -0.2) is 0 Å². The minimum atomic E-state index is -0.190. The highest BCUT2D eigenvalue weighted by atomic mass is 79.9. The van der Waals surface area contributed by atoms with Gasteiger partial charge in [-0.1, -0.05) is 35.8 Å². The molecule has 0 saturated carbocycles. The topological polar surface area (TPSA) is 57.8 Å². The Kier molecular flexibility index (Phi) is 3.47. The molecule has 1 heterocycles. The zero-order chi connectivity index (χ0) is 12.4. The monoisotopic (exact) mass is 295 g/mol. The Balaban J connectivity index is 2.24. The SMILES string of the molecule is CC(C)C(Br)C(=O)Nc1cccc2[nH]ncc12. The first-order valence-corrected chi connectivity index (χ1v) is 6.38. The third-order valence-electron chi connectivity index (χ3n) is 2.58. The molecule has 2 aromatic rings. The first-order chi connectivity index (χ1) is 8.09. The second-order valence-electron chi connectivity index (χ2n) is 4.27. The first-order valence-electron chi connectivity index (χ1n) is 5.46. The number of aromatic nitrogens is 2. The quantitative estimate of drug-likeness (QED) is 0.856. The normalized spacial score (nSPS) is 12.9. The Morgan fingerprint density at radius 1 is 1.47 bits per heavy atom. The second kappa shape index (κ2) is 4.87. The van der Waals surface area contributed by atoms with Gasteiger partial charge in [0.2, 0.25) is 5.91 Å². The standard InChI is InChI=1S/C12H14BrN3O/c1-7(2)11(13)12(17)15-9-4-3-5-10-8(9)6-14-16-10/h3-7,11H,1-2H3,(H,14,16)(H,15,17). The van der Waals surface area contributed by atoms with Gasteiger partial charge in [0.05, 0.1) is 22.2 Å². The number of rotatable bonds is 3. The lowest BCUT2D eigenvalue weighted by Gasteiger charge is -2.14. The highest BCUT2D eigenvalue weighted by Gasteiger charge is 2.19. The van der Waals surface area contributed by atoms with Crippen molar-refractivity contribution >= 4 is 38.4 Å². The van der Waals surface area contributed by atoms with E-state index in [0.717, 1.165) is 16.6 Å². The van der Waals surface area contributed by atoms with Crippen LogP contribution in [0.25, 0.3) is 10.9 Å². The van der Waals surface area contributed by atoms with E-state index in [9.17, 15) is 4.79 Å². The molecule has 0 aliphatic rings. The second-order valence-corrected chi connectivity index (χ2v) is 5.26. The number of H-pyrrole nitrogens is 1. The molecule has 1 aromatic heterocycles. The molecule has 17 heavy (non-hydrogen) atoms. The predicted octanol–water partition coefficient (Wildman–Crippen LogP) is 2.92. The van der Waals surface area contributed by atoms with E-state index >= 15 is 0 Å². The summed E-state index contributed by atoms with van der Waals surface area (Å²) in [5.41, 5.74) is 1.70. The number of anilines is 1. The number of aromatic amines is 1. The van der Waals surface area contributed by atoms with Crippen molar-refractivity contribution in [2.75, 3.05) is 5.32 Å². The van der Waals surface area contributed by atoms with Crippen LogP contribution in [0.1, 0.15) is 13.8 Å². The van der Waals surface area contributed by atoms with E-state index in [1.54, 1.807) is 6.20 Å². The predicted molar refractivity (Wildman–Crippen MR) is 72.3 cm³/mol. The van der Waals surface area contributed by atoms with E-state index in [-0.39, 0.29) is 16.7 Å². The van der Waals surface area contributed by atoms with Crippen LogP contribution in [0.3, 0.4) is 0 Å². The molecule has 0 fully saturated rings. The van der Waals surface area contributed by atoms with Gasteiger partial charge in [-0.05, 0) is 18.1 Å². The van der Waals surface area contributed by atoms with Crippen molar-refractivity contribution in [2.24, 2.45) is 5.92 Å². The fourth-order valence-electron chi connectivity index (χ4n) is 1.58. The van der Waals surface area contributed by atoms with Crippen LogP contribution < -0.4 is 5.32 Å².